The number of nitrogens with zero attached hydrogens (tertiary/aromatic N) is 1. The number of rotatable bonds is 4. The highest BCUT2D eigenvalue weighted by Gasteiger charge is 2.32. The zero-order valence-electron chi connectivity index (χ0n) is 10.6. The van der Waals surface area contributed by atoms with Crippen LogP contribution in [0.2, 0.25) is 0 Å². The van der Waals surface area contributed by atoms with Gasteiger partial charge in [-0.05, 0) is 6.07 Å². The molecule has 20 heavy (non-hydrogen) atoms. The third-order valence-corrected chi connectivity index (χ3v) is 4.09. The number of benzene rings is 1. The number of sulfonamides is 1. The highest BCUT2D eigenvalue weighted by molar-refractivity contribution is 7.89. The van der Waals surface area contributed by atoms with Crippen LogP contribution in [-0.2, 0) is 21.4 Å². The van der Waals surface area contributed by atoms with Crippen molar-refractivity contribution in [3.8, 4) is 0 Å². The molecule has 0 aromatic heterocycles. The molecule has 0 radical (unpaired) electrons. The zero-order valence-corrected chi connectivity index (χ0v) is 11.4. The van der Waals surface area contributed by atoms with Crippen LogP contribution in [0.5, 0.6) is 0 Å². The summed E-state index contributed by atoms with van der Waals surface area (Å²) in [4.78, 5) is 13.1. The number of carbonyl (C=O) groups excluding carboxylic acids is 1. The van der Waals surface area contributed by atoms with Crippen molar-refractivity contribution in [3.05, 3.63) is 35.4 Å². The van der Waals surface area contributed by atoms with Gasteiger partial charge in [-0.25, -0.2) is 22.3 Å². The fourth-order valence-corrected chi connectivity index (χ4v) is 3.20. The molecule has 2 rings (SSSR count). The first-order valence-corrected chi connectivity index (χ1v) is 7.69. The second kappa shape index (κ2) is 5.45. The van der Waals surface area contributed by atoms with Gasteiger partial charge >= 0.3 is 0 Å². The molecule has 0 bridgehead atoms. The molecular weight excluding hydrogens is 290 g/mol. The van der Waals surface area contributed by atoms with Crippen LogP contribution >= 0.6 is 0 Å². The van der Waals surface area contributed by atoms with E-state index in [2.05, 4.69) is 0 Å². The van der Waals surface area contributed by atoms with E-state index in [1.165, 1.54) is 17.0 Å². The standard InChI is InChI=1S/C12H14F2N2O3S/c13-10-3-1-2-9(12(10)14)6-16-5-8(4-11(16)17)7-20(15,18)19/h1-3,8H,4-7H2,(H2,15,18,19). The average molecular weight is 304 g/mol. The Hall–Kier alpha value is -1.54. The smallest absolute Gasteiger partial charge is 0.223 e. The lowest BCUT2D eigenvalue weighted by molar-refractivity contribution is -0.128. The number of primary sulfonamides is 1. The maximum Gasteiger partial charge on any atom is 0.223 e. The Bertz CT molecular complexity index is 634. The Morgan fingerprint density at radius 1 is 1.35 bits per heavy atom. The van der Waals surface area contributed by atoms with E-state index in [1.54, 1.807) is 0 Å². The summed E-state index contributed by atoms with van der Waals surface area (Å²) in [6, 6.07) is 3.74. The van der Waals surface area contributed by atoms with Crippen LogP contribution in [0.15, 0.2) is 18.2 Å². The molecule has 0 aliphatic carbocycles. The first-order chi connectivity index (χ1) is 9.26. The summed E-state index contributed by atoms with van der Waals surface area (Å²) in [5, 5.41) is 4.94. The molecule has 1 aromatic rings. The lowest BCUT2D eigenvalue weighted by atomic mass is 10.1. The van der Waals surface area contributed by atoms with Crippen molar-refractivity contribution in [2.45, 2.75) is 13.0 Å². The number of hydrogen-bond donors (Lipinski definition) is 1. The Morgan fingerprint density at radius 3 is 2.70 bits per heavy atom. The van der Waals surface area contributed by atoms with Crippen molar-refractivity contribution >= 4 is 15.9 Å². The van der Waals surface area contributed by atoms with Gasteiger partial charge in [0.1, 0.15) is 0 Å². The van der Waals surface area contributed by atoms with Gasteiger partial charge < -0.3 is 4.90 Å². The van der Waals surface area contributed by atoms with E-state index < -0.39 is 27.6 Å². The van der Waals surface area contributed by atoms with Crippen molar-refractivity contribution in [1.29, 1.82) is 0 Å². The van der Waals surface area contributed by atoms with Gasteiger partial charge in [0, 0.05) is 31.0 Å². The van der Waals surface area contributed by atoms with Gasteiger partial charge in [0.05, 0.1) is 5.75 Å². The van der Waals surface area contributed by atoms with Gasteiger partial charge in [-0.15, -0.1) is 0 Å². The molecule has 1 unspecified atom stereocenters. The minimum absolute atomic E-state index is 0.0490. The second-order valence-electron chi connectivity index (χ2n) is 4.89. The first-order valence-electron chi connectivity index (χ1n) is 5.97. The maximum absolute atomic E-state index is 13.5. The molecule has 1 aliphatic heterocycles. The molecule has 2 N–H and O–H groups in total. The third kappa shape index (κ3) is 3.51. The number of likely N-dealkylation sites (tertiary alicyclic amines) is 1. The monoisotopic (exact) mass is 304 g/mol. The van der Waals surface area contributed by atoms with Gasteiger partial charge in [0.15, 0.2) is 11.6 Å². The van der Waals surface area contributed by atoms with Gasteiger partial charge in [0.2, 0.25) is 15.9 Å². The summed E-state index contributed by atoms with van der Waals surface area (Å²) in [6.45, 7) is 0.0920. The fraction of sp³-hybridized carbons (Fsp3) is 0.417. The molecule has 1 aliphatic rings. The minimum atomic E-state index is -3.66. The van der Waals surface area contributed by atoms with E-state index in [-0.39, 0.29) is 36.7 Å². The largest absolute Gasteiger partial charge is 0.338 e. The van der Waals surface area contributed by atoms with Crippen molar-refractivity contribution in [2.75, 3.05) is 12.3 Å². The van der Waals surface area contributed by atoms with Crippen LogP contribution in [0, 0.1) is 17.6 Å². The number of hydrogen-bond acceptors (Lipinski definition) is 3. The topological polar surface area (TPSA) is 80.5 Å². The Labute approximate surface area is 115 Å². The molecule has 1 amide bonds. The number of nitrogens with two attached hydrogens (primary N) is 1. The highest BCUT2D eigenvalue weighted by atomic mass is 32.2. The van der Waals surface area contributed by atoms with Gasteiger partial charge in [-0.2, -0.15) is 0 Å². The van der Waals surface area contributed by atoms with Crippen molar-refractivity contribution in [2.24, 2.45) is 11.1 Å². The predicted octanol–water partition coefficient (Wildman–Crippen LogP) is 0.602. The van der Waals surface area contributed by atoms with E-state index in [1.807, 2.05) is 0 Å². The van der Waals surface area contributed by atoms with Crippen molar-refractivity contribution in [3.63, 3.8) is 0 Å². The summed E-state index contributed by atoms with van der Waals surface area (Å²) in [5.41, 5.74) is 0.0644. The molecule has 1 heterocycles. The molecule has 0 spiro atoms. The van der Waals surface area contributed by atoms with Crippen LogP contribution in [0.3, 0.4) is 0 Å². The quantitative estimate of drug-likeness (QED) is 0.884. The molecule has 1 atom stereocenters. The van der Waals surface area contributed by atoms with E-state index in [4.69, 9.17) is 5.14 Å². The van der Waals surface area contributed by atoms with Crippen LogP contribution in [0.25, 0.3) is 0 Å². The van der Waals surface area contributed by atoms with Gasteiger partial charge in [-0.3, -0.25) is 4.79 Å². The van der Waals surface area contributed by atoms with E-state index >= 15 is 0 Å². The zero-order chi connectivity index (χ0) is 14.9. The van der Waals surface area contributed by atoms with Crippen molar-refractivity contribution < 1.29 is 22.0 Å². The summed E-state index contributed by atoms with van der Waals surface area (Å²) in [5.74, 6) is -2.96. The van der Waals surface area contributed by atoms with Crippen molar-refractivity contribution in [1.82, 2.24) is 4.90 Å². The fourth-order valence-electron chi connectivity index (χ4n) is 2.32. The minimum Gasteiger partial charge on any atom is -0.338 e. The lowest BCUT2D eigenvalue weighted by Gasteiger charge is -2.17. The van der Waals surface area contributed by atoms with Gasteiger partial charge in [0.25, 0.3) is 0 Å². The summed E-state index contributed by atoms with van der Waals surface area (Å²) < 4.78 is 48.6. The van der Waals surface area contributed by atoms with Gasteiger partial charge in [-0.1, -0.05) is 12.1 Å². The summed E-state index contributed by atoms with van der Waals surface area (Å²) in [6.07, 6.45) is 0.0490. The predicted molar refractivity (Wildman–Crippen MR) is 67.9 cm³/mol. The molecule has 5 nitrogen and oxygen atoms in total. The molecular formula is C12H14F2N2O3S. The first kappa shape index (κ1) is 14.9. The van der Waals surface area contributed by atoms with Crippen LogP contribution < -0.4 is 5.14 Å². The highest BCUT2D eigenvalue weighted by Crippen LogP contribution is 2.22. The van der Waals surface area contributed by atoms with E-state index in [0.29, 0.717) is 0 Å². The Balaban J connectivity index is 2.07. The molecule has 1 aromatic carbocycles. The number of halogens is 2. The molecule has 0 saturated carbocycles. The molecule has 1 fully saturated rings. The number of carbonyl (C=O) groups is 1. The normalized spacial score (nSPS) is 19.6. The summed E-state index contributed by atoms with van der Waals surface area (Å²) in [7, 11) is -3.66. The van der Waals surface area contributed by atoms with E-state index in [9.17, 15) is 22.0 Å². The maximum atomic E-state index is 13.5. The van der Waals surface area contributed by atoms with E-state index in [0.717, 1.165) is 6.07 Å². The van der Waals surface area contributed by atoms with Crippen LogP contribution in [0.1, 0.15) is 12.0 Å². The average Bonchev–Trinajstić information content (AvgIpc) is 2.63. The van der Waals surface area contributed by atoms with Crippen LogP contribution in [0.4, 0.5) is 8.78 Å². The Morgan fingerprint density at radius 2 is 2.05 bits per heavy atom. The molecule has 110 valence electrons. The summed E-state index contributed by atoms with van der Waals surface area (Å²) >= 11 is 0. The third-order valence-electron chi connectivity index (χ3n) is 3.16. The number of amides is 1. The Kier molecular flexibility index (Phi) is 4.05. The SMILES string of the molecule is NS(=O)(=O)CC1CC(=O)N(Cc2cccc(F)c2F)C1. The molecule has 1 saturated heterocycles. The molecule has 8 heteroatoms. The van der Waals surface area contributed by atoms with Crippen LogP contribution in [-0.4, -0.2) is 31.5 Å². The lowest BCUT2D eigenvalue weighted by Crippen LogP contribution is -2.27. The second-order valence-corrected chi connectivity index (χ2v) is 6.55.